The number of aromatic nitrogens is 1. The summed E-state index contributed by atoms with van der Waals surface area (Å²) in [5.74, 6) is 2.17. The van der Waals surface area contributed by atoms with Gasteiger partial charge in [-0.1, -0.05) is 53.3 Å². The first-order valence-electron chi connectivity index (χ1n) is 10.1. The Morgan fingerprint density at radius 1 is 1.34 bits per heavy atom. The molecule has 0 fully saturated rings. The predicted octanol–water partition coefficient (Wildman–Crippen LogP) is 6.36. The lowest BCUT2D eigenvalue weighted by atomic mass is 9.94. The standard InChI is InChI=1S/C15H23N3.C6H12N2O.C2H6.2H2/c1-7-8-17-13-9-12(10(2)3)14(11(4)5)15(16-6)18-13;1-3-4-5(2)8-6(7)9;1-2;;/h7,9-10H,1,4,8H2,2-3,5-6H3,(H2,16,17,18);4H,3H2,1-2H3,(H3,7,8,9);1-2H3;2*1H/b;5-4+;;;. The van der Waals surface area contributed by atoms with Crippen LogP contribution in [0.2, 0.25) is 0 Å². The number of rotatable bonds is 8. The van der Waals surface area contributed by atoms with Gasteiger partial charge in [0.15, 0.2) is 0 Å². The zero-order valence-corrected chi connectivity index (χ0v) is 19.6. The van der Waals surface area contributed by atoms with Gasteiger partial charge in [0.1, 0.15) is 11.6 Å². The molecule has 0 saturated carbocycles. The molecule has 168 valence electrons. The Morgan fingerprint density at radius 2 is 1.93 bits per heavy atom. The average Bonchev–Trinajstić information content (AvgIpc) is 2.66. The molecule has 0 aromatic carbocycles. The normalized spacial score (nSPS) is 10.0. The second kappa shape index (κ2) is 16.2. The number of hydrogen-bond acceptors (Lipinski definition) is 4. The Morgan fingerprint density at radius 3 is 2.31 bits per heavy atom. The lowest BCUT2D eigenvalue weighted by Gasteiger charge is -2.18. The minimum absolute atomic E-state index is 0. The molecule has 29 heavy (non-hydrogen) atoms. The second-order valence-corrected chi connectivity index (χ2v) is 6.46. The van der Waals surface area contributed by atoms with Gasteiger partial charge in [0.2, 0.25) is 0 Å². The molecule has 6 heteroatoms. The van der Waals surface area contributed by atoms with Gasteiger partial charge in [-0.3, -0.25) is 0 Å². The molecule has 0 spiro atoms. The summed E-state index contributed by atoms with van der Waals surface area (Å²) in [4.78, 5) is 14.7. The fraction of sp³-hybridized carbons (Fsp3) is 0.478. The zero-order chi connectivity index (χ0) is 23.0. The van der Waals surface area contributed by atoms with Crippen molar-refractivity contribution in [1.29, 1.82) is 0 Å². The van der Waals surface area contributed by atoms with Crippen molar-refractivity contribution in [3.63, 3.8) is 0 Å². The van der Waals surface area contributed by atoms with E-state index in [4.69, 9.17) is 5.73 Å². The first-order valence-corrected chi connectivity index (χ1v) is 10.1. The Labute approximate surface area is 180 Å². The highest BCUT2D eigenvalue weighted by Gasteiger charge is 2.14. The highest BCUT2D eigenvalue weighted by molar-refractivity contribution is 5.76. The van der Waals surface area contributed by atoms with Crippen molar-refractivity contribution in [2.45, 2.75) is 60.8 Å². The molecule has 0 aliphatic carbocycles. The number of allylic oxidation sites excluding steroid dienone is 3. The molecule has 0 saturated heterocycles. The number of urea groups is 1. The quantitative estimate of drug-likeness (QED) is 0.377. The Kier molecular flexibility index (Phi) is 15.9. The van der Waals surface area contributed by atoms with E-state index in [1.165, 1.54) is 5.56 Å². The molecule has 6 nitrogen and oxygen atoms in total. The molecule has 0 atom stereocenters. The number of primary amides is 1. The Hall–Kier alpha value is -2.76. The van der Waals surface area contributed by atoms with E-state index in [1.807, 2.05) is 46.9 Å². The third-order valence-electron chi connectivity index (χ3n) is 3.59. The number of carbonyl (C=O) groups is 1. The minimum atomic E-state index is -0.503. The van der Waals surface area contributed by atoms with Gasteiger partial charge in [-0.25, -0.2) is 9.78 Å². The van der Waals surface area contributed by atoms with Crippen LogP contribution in [0.3, 0.4) is 0 Å². The molecule has 1 aromatic rings. The first kappa shape index (κ1) is 28.4. The zero-order valence-electron chi connectivity index (χ0n) is 19.6. The van der Waals surface area contributed by atoms with Gasteiger partial charge >= 0.3 is 6.03 Å². The van der Waals surface area contributed by atoms with E-state index in [-0.39, 0.29) is 2.85 Å². The second-order valence-electron chi connectivity index (χ2n) is 6.46. The first-order chi connectivity index (χ1) is 13.7. The number of amides is 2. The van der Waals surface area contributed by atoms with Crippen LogP contribution in [-0.2, 0) is 0 Å². The summed E-state index contributed by atoms with van der Waals surface area (Å²) in [6.45, 7) is 22.6. The summed E-state index contributed by atoms with van der Waals surface area (Å²) in [5.41, 5.74) is 9.06. The number of nitrogens with one attached hydrogen (secondary N) is 3. The van der Waals surface area contributed by atoms with Crippen LogP contribution in [-0.4, -0.2) is 24.6 Å². The molecule has 0 unspecified atom stereocenters. The number of hydrogen-bond donors (Lipinski definition) is 4. The van der Waals surface area contributed by atoms with Crippen LogP contribution in [0.4, 0.5) is 16.4 Å². The Balaban J connectivity index is -0.000000241. The molecule has 1 aromatic heterocycles. The lowest BCUT2D eigenvalue weighted by molar-refractivity contribution is 0.251. The number of carbonyl (C=O) groups excluding carboxylic acids is 1. The van der Waals surface area contributed by atoms with Crippen LogP contribution in [0, 0.1) is 0 Å². The molecule has 0 bridgehead atoms. The molecule has 0 radical (unpaired) electrons. The maximum Gasteiger partial charge on any atom is 0.316 e. The van der Waals surface area contributed by atoms with E-state index in [0.717, 1.165) is 34.9 Å². The van der Waals surface area contributed by atoms with Gasteiger partial charge in [0, 0.05) is 27.7 Å². The van der Waals surface area contributed by atoms with Gasteiger partial charge in [-0.2, -0.15) is 0 Å². The highest BCUT2D eigenvalue weighted by Crippen LogP contribution is 2.32. The van der Waals surface area contributed by atoms with Crippen molar-refractivity contribution in [3.8, 4) is 0 Å². The summed E-state index contributed by atoms with van der Waals surface area (Å²) in [5, 5.41) is 8.83. The van der Waals surface area contributed by atoms with Crippen molar-refractivity contribution < 1.29 is 7.65 Å². The number of nitrogens with zero attached hydrogens (tertiary/aromatic N) is 1. The Bertz CT molecular complexity index is 689. The summed E-state index contributed by atoms with van der Waals surface area (Å²) >= 11 is 0. The fourth-order valence-electron chi connectivity index (χ4n) is 2.47. The molecular weight excluding hydrogens is 362 g/mol. The predicted molar refractivity (Wildman–Crippen MR) is 134 cm³/mol. The van der Waals surface area contributed by atoms with Crippen molar-refractivity contribution in [2.75, 3.05) is 24.2 Å². The average molecular weight is 408 g/mol. The summed E-state index contributed by atoms with van der Waals surface area (Å²) in [6.07, 6.45) is 4.62. The maximum atomic E-state index is 10.2. The lowest BCUT2D eigenvalue weighted by Crippen LogP contribution is -2.27. The van der Waals surface area contributed by atoms with E-state index >= 15 is 0 Å². The van der Waals surface area contributed by atoms with Crippen LogP contribution < -0.4 is 21.7 Å². The largest absolute Gasteiger partial charge is 0.373 e. The van der Waals surface area contributed by atoms with Crippen LogP contribution >= 0.6 is 0 Å². The van der Waals surface area contributed by atoms with E-state index in [1.54, 1.807) is 6.92 Å². The van der Waals surface area contributed by atoms with Gasteiger partial charge in [-0.05, 0) is 43.4 Å². The van der Waals surface area contributed by atoms with Gasteiger partial charge < -0.3 is 21.7 Å². The van der Waals surface area contributed by atoms with E-state index in [2.05, 4.69) is 54.0 Å². The van der Waals surface area contributed by atoms with Crippen LogP contribution in [0.25, 0.3) is 5.57 Å². The number of anilines is 2. The number of pyridine rings is 1. The molecule has 2 amide bonds. The van der Waals surface area contributed by atoms with Gasteiger partial charge in [0.05, 0.1) is 0 Å². The smallest absolute Gasteiger partial charge is 0.316 e. The van der Waals surface area contributed by atoms with Crippen molar-refractivity contribution in [3.05, 3.63) is 48.2 Å². The SMILES string of the molecule is C=CCNc1cc(C(C)C)c(C(=C)C)c(NC)n1.CC.CC/C=C(\C)NC(N)=O.[HH].[HH]. The van der Waals surface area contributed by atoms with Crippen molar-refractivity contribution >= 4 is 23.2 Å². The summed E-state index contributed by atoms with van der Waals surface area (Å²) in [7, 11) is 1.89. The van der Waals surface area contributed by atoms with Crippen molar-refractivity contribution in [1.82, 2.24) is 10.3 Å². The third kappa shape index (κ3) is 11.6. The molecule has 1 heterocycles. The summed E-state index contributed by atoms with van der Waals surface area (Å²) < 4.78 is 0. The van der Waals surface area contributed by atoms with Crippen LogP contribution in [0.5, 0.6) is 0 Å². The topological polar surface area (TPSA) is 92.1 Å². The number of nitrogens with two attached hydrogens (primary N) is 1. The molecule has 1 rings (SSSR count). The van der Waals surface area contributed by atoms with E-state index in [9.17, 15) is 4.79 Å². The van der Waals surface area contributed by atoms with Crippen LogP contribution in [0.1, 0.15) is 74.8 Å². The van der Waals surface area contributed by atoms with Crippen LogP contribution in [0.15, 0.2) is 37.1 Å². The fourth-order valence-corrected chi connectivity index (χ4v) is 2.47. The molecular formula is C23H45N5O. The van der Waals surface area contributed by atoms with Gasteiger partial charge in [-0.15, -0.1) is 6.58 Å². The molecule has 0 aliphatic rings. The minimum Gasteiger partial charge on any atom is -0.373 e. The molecule has 5 N–H and O–H groups in total. The van der Waals surface area contributed by atoms with Crippen molar-refractivity contribution in [2.24, 2.45) is 5.73 Å². The van der Waals surface area contributed by atoms with E-state index < -0.39 is 6.03 Å². The maximum absolute atomic E-state index is 10.2. The van der Waals surface area contributed by atoms with E-state index in [0.29, 0.717) is 12.5 Å². The summed E-state index contributed by atoms with van der Waals surface area (Å²) in [6, 6.07) is 1.59. The molecule has 0 aliphatic heterocycles. The monoisotopic (exact) mass is 407 g/mol. The third-order valence-corrected chi connectivity index (χ3v) is 3.59. The van der Waals surface area contributed by atoms with Gasteiger partial charge in [0.25, 0.3) is 0 Å². The highest BCUT2D eigenvalue weighted by atomic mass is 16.2.